The molecule has 0 spiro atoms. The lowest BCUT2D eigenvalue weighted by Crippen LogP contribution is -2.21. The first-order chi connectivity index (χ1) is 12.2. The highest BCUT2D eigenvalue weighted by Crippen LogP contribution is 2.29. The van der Waals surface area contributed by atoms with E-state index in [9.17, 15) is 9.90 Å². The first kappa shape index (κ1) is 21.4. The van der Waals surface area contributed by atoms with Gasteiger partial charge in [0.15, 0.2) is 0 Å². The van der Waals surface area contributed by atoms with Gasteiger partial charge in [-0.3, -0.25) is 0 Å². The van der Waals surface area contributed by atoms with Crippen molar-refractivity contribution in [2.24, 2.45) is 0 Å². The molecule has 0 aromatic heterocycles. The maximum Gasteiger partial charge on any atom is 0.0879 e. The minimum Gasteiger partial charge on any atom is -0.550 e. The Morgan fingerprint density at radius 2 is 1.44 bits per heavy atom. The molecule has 25 heavy (non-hydrogen) atoms. The van der Waals surface area contributed by atoms with E-state index in [2.05, 4.69) is 55.5 Å². The van der Waals surface area contributed by atoms with Gasteiger partial charge in [0.1, 0.15) is 0 Å². The molecule has 0 amide bonds. The van der Waals surface area contributed by atoms with Gasteiger partial charge in [-0.1, -0.05) is 62.0 Å². The second kappa shape index (κ2) is 14.7. The summed E-state index contributed by atoms with van der Waals surface area (Å²) in [5, 5.41) is 10.3. The van der Waals surface area contributed by atoms with E-state index in [1.807, 2.05) is 0 Å². The van der Waals surface area contributed by atoms with Crippen LogP contribution in [-0.4, -0.2) is 18.2 Å². The fourth-order valence-corrected chi connectivity index (χ4v) is 2.59. The van der Waals surface area contributed by atoms with Gasteiger partial charge in [-0.05, 0) is 57.8 Å². The van der Waals surface area contributed by atoms with Crippen LogP contribution in [0.2, 0.25) is 0 Å². The zero-order chi connectivity index (χ0) is 18.2. The SMILES string of the molecule is CC/C=C\CC1OC1C/C=C\C/C=C\C/C=C\CCCCCC(=O)[O-]. The van der Waals surface area contributed by atoms with Gasteiger partial charge in [0.2, 0.25) is 0 Å². The van der Waals surface area contributed by atoms with Crippen molar-refractivity contribution in [1.82, 2.24) is 0 Å². The summed E-state index contributed by atoms with van der Waals surface area (Å²) in [5.74, 6) is -0.941. The molecular formula is C22H33O3-. The number of carbonyl (C=O) groups excluding carboxylic acids is 1. The Hall–Kier alpha value is -1.61. The molecule has 0 aliphatic carbocycles. The number of epoxide rings is 1. The van der Waals surface area contributed by atoms with Crippen LogP contribution >= 0.6 is 0 Å². The summed E-state index contributed by atoms with van der Waals surface area (Å²) in [4.78, 5) is 10.3. The fourth-order valence-electron chi connectivity index (χ4n) is 2.59. The molecule has 0 radical (unpaired) electrons. The highest BCUT2D eigenvalue weighted by Gasteiger charge is 2.35. The summed E-state index contributed by atoms with van der Waals surface area (Å²) >= 11 is 0. The van der Waals surface area contributed by atoms with Crippen LogP contribution in [0.1, 0.15) is 71.1 Å². The number of ether oxygens (including phenoxy) is 1. The molecule has 3 heteroatoms. The highest BCUT2D eigenvalue weighted by molar-refractivity contribution is 5.64. The molecule has 0 bridgehead atoms. The monoisotopic (exact) mass is 345 g/mol. The summed E-state index contributed by atoms with van der Waals surface area (Å²) in [6.07, 6.45) is 27.5. The smallest absolute Gasteiger partial charge is 0.0879 e. The van der Waals surface area contributed by atoms with Crippen molar-refractivity contribution >= 4 is 5.97 Å². The standard InChI is InChI=1S/C22H34O3/c1-2-3-14-17-20-21(25-20)18-15-12-10-8-6-4-5-7-9-11-13-16-19-22(23)24/h3,5-8,12,14-15,20-21H,2,4,9-11,13,16-19H2,1H3,(H,23,24)/p-1/b7-5-,8-6-,14-3-,15-12-. The number of aliphatic carboxylic acids is 1. The molecule has 1 rings (SSSR count). The summed E-state index contributed by atoms with van der Waals surface area (Å²) in [5.41, 5.74) is 0. The van der Waals surface area contributed by atoms with Crippen LogP contribution < -0.4 is 5.11 Å². The molecule has 1 heterocycles. The van der Waals surface area contributed by atoms with E-state index < -0.39 is 5.97 Å². The Bertz CT molecular complexity index is 460. The Morgan fingerprint density at radius 3 is 2.08 bits per heavy atom. The van der Waals surface area contributed by atoms with E-state index in [4.69, 9.17) is 4.74 Å². The van der Waals surface area contributed by atoms with E-state index in [1.54, 1.807) is 0 Å². The summed E-state index contributed by atoms with van der Waals surface area (Å²) in [7, 11) is 0. The van der Waals surface area contributed by atoms with E-state index >= 15 is 0 Å². The van der Waals surface area contributed by atoms with Crippen LogP contribution in [0.4, 0.5) is 0 Å². The Kier molecular flexibility index (Phi) is 12.6. The van der Waals surface area contributed by atoms with Crippen molar-refractivity contribution in [3.63, 3.8) is 0 Å². The maximum absolute atomic E-state index is 10.3. The zero-order valence-corrected chi connectivity index (χ0v) is 15.6. The molecule has 1 aliphatic heterocycles. The van der Waals surface area contributed by atoms with Crippen molar-refractivity contribution in [3.8, 4) is 0 Å². The largest absolute Gasteiger partial charge is 0.550 e. The lowest BCUT2D eigenvalue weighted by atomic mass is 10.1. The Morgan fingerprint density at radius 1 is 0.840 bits per heavy atom. The van der Waals surface area contributed by atoms with Crippen LogP contribution in [0, 0.1) is 0 Å². The average molecular weight is 346 g/mol. The maximum atomic E-state index is 10.3. The number of unbranched alkanes of at least 4 members (excludes halogenated alkanes) is 3. The zero-order valence-electron chi connectivity index (χ0n) is 15.6. The van der Waals surface area contributed by atoms with Crippen LogP contribution in [-0.2, 0) is 9.53 Å². The topological polar surface area (TPSA) is 52.7 Å². The minimum absolute atomic E-state index is 0.184. The highest BCUT2D eigenvalue weighted by atomic mass is 16.6. The Labute approximate surface area is 153 Å². The summed E-state index contributed by atoms with van der Waals surface area (Å²) in [6, 6.07) is 0. The molecule has 2 unspecified atom stereocenters. The average Bonchev–Trinajstić information content (AvgIpc) is 3.33. The van der Waals surface area contributed by atoms with Crippen LogP contribution in [0.15, 0.2) is 48.6 Å². The molecule has 1 saturated heterocycles. The molecule has 0 aromatic carbocycles. The predicted octanol–water partition coefficient (Wildman–Crippen LogP) is 4.65. The summed E-state index contributed by atoms with van der Waals surface area (Å²) < 4.78 is 5.62. The van der Waals surface area contributed by atoms with E-state index in [1.165, 1.54) is 0 Å². The number of allylic oxidation sites excluding steroid dienone is 6. The van der Waals surface area contributed by atoms with Crippen molar-refractivity contribution in [3.05, 3.63) is 48.6 Å². The van der Waals surface area contributed by atoms with Gasteiger partial charge in [0, 0.05) is 5.97 Å². The molecule has 1 aliphatic rings. The van der Waals surface area contributed by atoms with Crippen molar-refractivity contribution in [1.29, 1.82) is 0 Å². The van der Waals surface area contributed by atoms with Crippen molar-refractivity contribution in [2.45, 2.75) is 83.3 Å². The summed E-state index contributed by atoms with van der Waals surface area (Å²) in [6.45, 7) is 2.15. The third kappa shape index (κ3) is 13.4. The van der Waals surface area contributed by atoms with Gasteiger partial charge in [-0.15, -0.1) is 0 Å². The van der Waals surface area contributed by atoms with Gasteiger partial charge in [-0.2, -0.15) is 0 Å². The number of rotatable bonds is 15. The lowest BCUT2D eigenvalue weighted by molar-refractivity contribution is -0.305. The molecule has 0 saturated carbocycles. The molecule has 1 fully saturated rings. The first-order valence-corrected chi connectivity index (χ1v) is 9.69. The second-order valence-corrected chi connectivity index (χ2v) is 6.42. The van der Waals surface area contributed by atoms with Gasteiger partial charge in [0.05, 0.1) is 12.2 Å². The molecular weight excluding hydrogens is 312 g/mol. The van der Waals surface area contributed by atoms with E-state index in [-0.39, 0.29) is 6.42 Å². The normalized spacial score (nSPS) is 20.5. The Balaban J connectivity index is 1.89. The second-order valence-electron chi connectivity index (χ2n) is 6.42. The minimum atomic E-state index is -0.941. The van der Waals surface area contributed by atoms with E-state index in [0.29, 0.717) is 12.2 Å². The molecule has 0 aromatic rings. The van der Waals surface area contributed by atoms with Crippen LogP contribution in [0.3, 0.4) is 0 Å². The van der Waals surface area contributed by atoms with Gasteiger partial charge in [0.25, 0.3) is 0 Å². The van der Waals surface area contributed by atoms with Crippen LogP contribution in [0.5, 0.6) is 0 Å². The van der Waals surface area contributed by atoms with Gasteiger partial charge in [-0.25, -0.2) is 0 Å². The quantitative estimate of drug-likeness (QED) is 0.247. The van der Waals surface area contributed by atoms with Gasteiger partial charge < -0.3 is 14.6 Å². The van der Waals surface area contributed by atoms with Crippen molar-refractivity contribution in [2.75, 3.05) is 0 Å². The van der Waals surface area contributed by atoms with Crippen LogP contribution in [0.25, 0.3) is 0 Å². The third-order valence-electron chi connectivity index (χ3n) is 4.12. The van der Waals surface area contributed by atoms with Gasteiger partial charge >= 0.3 is 0 Å². The number of hydrogen-bond donors (Lipinski definition) is 0. The molecule has 2 atom stereocenters. The molecule has 140 valence electrons. The van der Waals surface area contributed by atoms with Crippen molar-refractivity contribution < 1.29 is 14.6 Å². The number of carboxylic acid groups (broad SMARTS) is 1. The first-order valence-electron chi connectivity index (χ1n) is 9.69. The fraction of sp³-hybridized carbons (Fsp3) is 0.591. The number of hydrogen-bond acceptors (Lipinski definition) is 3. The molecule has 0 N–H and O–H groups in total. The molecule has 3 nitrogen and oxygen atoms in total. The number of carbonyl (C=O) groups is 1. The number of carboxylic acids is 1. The predicted molar refractivity (Wildman–Crippen MR) is 102 cm³/mol. The third-order valence-corrected chi connectivity index (χ3v) is 4.12. The van der Waals surface area contributed by atoms with E-state index in [0.717, 1.165) is 57.8 Å². The lowest BCUT2D eigenvalue weighted by Gasteiger charge is -1.99.